The Labute approximate surface area is 196 Å². The molecule has 0 saturated carbocycles. The zero-order valence-corrected chi connectivity index (χ0v) is 21.0. The summed E-state index contributed by atoms with van der Waals surface area (Å²) in [7, 11) is 3.38. The number of thioether (sulfide) groups is 1. The van der Waals surface area contributed by atoms with Gasteiger partial charge in [0, 0.05) is 26.1 Å². The number of carbonyl (C=O) groups is 2. The molecule has 0 unspecified atom stereocenters. The van der Waals surface area contributed by atoms with Gasteiger partial charge in [0.1, 0.15) is 10.6 Å². The number of rotatable bonds is 7. The van der Waals surface area contributed by atoms with Gasteiger partial charge in [0.2, 0.25) is 0 Å². The highest BCUT2D eigenvalue weighted by atomic mass is 32.2. The van der Waals surface area contributed by atoms with E-state index in [0.29, 0.717) is 38.8 Å². The van der Waals surface area contributed by atoms with Gasteiger partial charge in [-0.1, -0.05) is 62.9 Å². The second-order valence-electron chi connectivity index (χ2n) is 8.98. The van der Waals surface area contributed by atoms with Gasteiger partial charge in [-0.05, 0) is 24.5 Å². The molecule has 0 saturated heterocycles. The Balaban J connectivity index is 2.07. The van der Waals surface area contributed by atoms with Crippen LogP contribution in [0.15, 0.2) is 40.3 Å². The maximum absolute atomic E-state index is 13.5. The van der Waals surface area contributed by atoms with E-state index in [4.69, 9.17) is 4.98 Å². The van der Waals surface area contributed by atoms with Crippen molar-refractivity contribution in [2.45, 2.75) is 45.8 Å². The lowest BCUT2D eigenvalue weighted by molar-refractivity contribution is -0.123. The summed E-state index contributed by atoms with van der Waals surface area (Å²) >= 11 is 2.53. The van der Waals surface area contributed by atoms with Crippen molar-refractivity contribution >= 4 is 45.0 Å². The predicted molar refractivity (Wildman–Crippen MR) is 132 cm³/mol. The molecular formula is C24H29N3O3S2. The van der Waals surface area contributed by atoms with Crippen molar-refractivity contribution in [3.05, 3.63) is 56.7 Å². The van der Waals surface area contributed by atoms with Crippen LogP contribution in [0.3, 0.4) is 0 Å². The first kappa shape index (κ1) is 24.2. The molecule has 0 bridgehead atoms. The van der Waals surface area contributed by atoms with E-state index in [1.807, 2.05) is 51.1 Å². The van der Waals surface area contributed by atoms with Crippen molar-refractivity contribution in [3.8, 4) is 0 Å². The number of ketones is 1. The Morgan fingerprint density at radius 3 is 2.41 bits per heavy atom. The lowest BCUT2D eigenvalue weighted by Gasteiger charge is -2.17. The fourth-order valence-corrected chi connectivity index (χ4v) is 5.57. The molecular weight excluding hydrogens is 442 g/mol. The maximum Gasteiger partial charge on any atom is 0.263 e. The summed E-state index contributed by atoms with van der Waals surface area (Å²) in [5.41, 5.74) is 1.16. The summed E-state index contributed by atoms with van der Waals surface area (Å²) < 4.78 is 1.65. The molecule has 1 aromatic carbocycles. The molecule has 2 heterocycles. The van der Waals surface area contributed by atoms with E-state index in [1.165, 1.54) is 28.0 Å². The molecule has 0 aliphatic heterocycles. The van der Waals surface area contributed by atoms with Crippen LogP contribution < -0.4 is 5.56 Å². The van der Waals surface area contributed by atoms with Crippen molar-refractivity contribution in [1.82, 2.24) is 14.5 Å². The predicted octanol–water partition coefficient (Wildman–Crippen LogP) is 4.42. The van der Waals surface area contributed by atoms with E-state index in [9.17, 15) is 14.4 Å². The number of aromatic nitrogens is 2. The number of aryl methyl sites for hydroxylation is 2. The van der Waals surface area contributed by atoms with Crippen molar-refractivity contribution in [2.75, 3.05) is 19.8 Å². The van der Waals surface area contributed by atoms with Gasteiger partial charge in [-0.3, -0.25) is 19.0 Å². The Kier molecular flexibility index (Phi) is 7.25. The second kappa shape index (κ2) is 9.58. The van der Waals surface area contributed by atoms with E-state index in [0.717, 1.165) is 5.56 Å². The minimum Gasteiger partial charge on any atom is -0.344 e. The number of carbonyl (C=O) groups excluding carboxylic acids is 2. The van der Waals surface area contributed by atoms with Crippen LogP contribution in [-0.4, -0.2) is 46.0 Å². The van der Waals surface area contributed by atoms with Crippen LogP contribution in [0.25, 0.3) is 10.2 Å². The molecule has 0 aliphatic rings. The van der Waals surface area contributed by atoms with Gasteiger partial charge >= 0.3 is 0 Å². The minimum atomic E-state index is -0.461. The van der Waals surface area contributed by atoms with E-state index in [1.54, 1.807) is 25.6 Å². The summed E-state index contributed by atoms with van der Waals surface area (Å²) in [6.45, 7) is 7.91. The monoisotopic (exact) mass is 471 g/mol. The molecule has 0 atom stereocenters. The van der Waals surface area contributed by atoms with E-state index < -0.39 is 5.41 Å². The van der Waals surface area contributed by atoms with Gasteiger partial charge in [-0.25, -0.2) is 4.98 Å². The van der Waals surface area contributed by atoms with Crippen molar-refractivity contribution in [3.63, 3.8) is 0 Å². The maximum atomic E-state index is 13.5. The highest BCUT2D eigenvalue weighted by Gasteiger charge is 2.25. The summed E-state index contributed by atoms with van der Waals surface area (Å²) in [6.07, 6.45) is 0.668. The molecule has 0 fully saturated rings. The van der Waals surface area contributed by atoms with Gasteiger partial charge in [0.25, 0.3) is 11.5 Å². The van der Waals surface area contributed by atoms with Crippen LogP contribution in [0, 0.1) is 12.3 Å². The van der Waals surface area contributed by atoms with Crippen LogP contribution in [0.2, 0.25) is 0 Å². The molecule has 170 valence electrons. The minimum absolute atomic E-state index is 0.0947. The topological polar surface area (TPSA) is 72.3 Å². The molecule has 3 aromatic rings. The first-order valence-electron chi connectivity index (χ1n) is 10.5. The number of hydrogen-bond acceptors (Lipinski definition) is 6. The third-order valence-electron chi connectivity index (χ3n) is 5.25. The highest BCUT2D eigenvalue weighted by molar-refractivity contribution is 7.99. The highest BCUT2D eigenvalue weighted by Crippen LogP contribution is 2.30. The average Bonchev–Trinajstić information content (AvgIpc) is 3.07. The number of amides is 1. The van der Waals surface area contributed by atoms with Gasteiger partial charge < -0.3 is 4.90 Å². The largest absolute Gasteiger partial charge is 0.344 e. The SMILES string of the molecule is Cc1c(C(=O)N(C)C)sc2nc(SCC(=O)C(C)(C)C)n(CCc3ccccc3)c(=O)c12. The molecule has 0 N–H and O–H groups in total. The van der Waals surface area contributed by atoms with Crippen LogP contribution >= 0.6 is 23.1 Å². The Bertz CT molecular complexity index is 1210. The van der Waals surface area contributed by atoms with Crippen molar-refractivity contribution in [1.29, 1.82) is 0 Å². The molecule has 32 heavy (non-hydrogen) atoms. The molecule has 2 aromatic heterocycles. The summed E-state index contributed by atoms with van der Waals surface area (Å²) in [5, 5.41) is 1.00. The number of benzene rings is 1. The molecule has 8 heteroatoms. The van der Waals surface area contributed by atoms with Crippen molar-refractivity contribution < 1.29 is 9.59 Å². The fourth-order valence-electron chi connectivity index (χ4n) is 3.14. The normalized spacial score (nSPS) is 11.7. The van der Waals surface area contributed by atoms with Crippen molar-refractivity contribution in [2.24, 2.45) is 5.41 Å². The van der Waals surface area contributed by atoms with E-state index >= 15 is 0 Å². The molecule has 3 rings (SSSR count). The molecule has 0 radical (unpaired) electrons. The quantitative estimate of drug-likeness (QED) is 0.377. The summed E-state index contributed by atoms with van der Waals surface area (Å²) in [4.78, 5) is 46.0. The van der Waals surface area contributed by atoms with Crippen LogP contribution in [0.4, 0.5) is 0 Å². The summed E-state index contributed by atoms with van der Waals surface area (Å²) in [6, 6.07) is 9.95. The van der Waals surface area contributed by atoms with E-state index in [2.05, 4.69) is 0 Å². The van der Waals surface area contributed by atoms with Gasteiger partial charge in [0.05, 0.1) is 16.0 Å². The summed E-state index contributed by atoms with van der Waals surface area (Å²) in [5.74, 6) is 0.191. The van der Waals surface area contributed by atoms with Crippen LogP contribution in [-0.2, 0) is 17.8 Å². The fraction of sp³-hybridized carbons (Fsp3) is 0.417. The first-order chi connectivity index (χ1) is 15.0. The Morgan fingerprint density at radius 2 is 1.81 bits per heavy atom. The molecule has 0 aliphatic carbocycles. The average molecular weight is 472 g/mol. The van der Waals surface area contributed by atoms with Gasteiger partial charge in [-0.15, -0.1) is 11.3 Å². The number of fused-ring (bicyclic) bond motifs is 1. The lowest BCUT2D eigenvalue weighted by Crippen LogP contribution is -2.26. The third kappa shape index (κ3) is 5.13. The smallest absolute Gasteiger partial charge is 0.263 e. The Hall–Kier alpha value is -2.45. The first-order valence-corrected chi connectivity index (χ1v) is 12.3. The van der Waals surface area contributed by atoms with Crippen LogP contribution in [0.1, 0.15) is 41.6 Å². The Morgan fingerprint density at radius 1 is 1.16 bits per heavy atom. The van der Waals surface area contributed by atoms with E-state index in [-0.39, 0.29) is 23.0 Å². The molecule has 0 spiro atoms. The number of hydrogen-bond donors (Lipinski definition) is 0. The zero-order chi connectivity index (χ0) is 23.6. The van der Waals surface area contributed by atoms with Gasteiger partial charge in [0.15, 0.2) is 5.16 Å². The number of Topliss-reactive ketones (excluding diaryl/α,β-unsaturated/α-hetero) is 1. The lowest BCUT2D eigenvalue weighted by atomic mass is 9.92. The van der Waals surface area contributed by atoms with Crippen LogP contribution in [0.5, 0.6) is 0 Å². The third-order valence-corrected chi connectivity index (χ3v) is 7.40. The molecule has 6 nitrogen and oxygen atoms in total. The number of thiophene rings is 1. The zero-order valence-electron chi connectivity index (χ0n) is 19.4. The second-order valence-corrected chi connectivity index (χ2v) is 10.9. The van der Waals surface area contributed by atoms with Gasteiger partial charge in [-0.2, -0.15) is 0 Å². The standard InChI is InChI=1S/C24H29N3O3S2/c1-15-18-20(32-19(15)22(30)26(5)6)25-23(31-14-17(28)24(2,3)4)27(21(18)29)13-12-16-10-8-7-9-11-16/h7-11H,12-14H2,1-6H3. The number of nitrogens with zero attached hydrogens (tertiary/aromatic N) is 3. The molecule has 1 amide bonds.